The standard InChI is InChI=1S/C13H28N3O2P/c1-11(2)16(12(3)4)19(17-8-6-7-14)18-10-13(5)9-15/h11-13H,6,8-10,15H2,1-5H3/i5T. The molecular formula is C13H28N3O2P. The summed E-state index contributed by atoms with van der Waals surface area (Å²) in [6, 6.07) is 2.64. The van der Waals surface area contributed by atoms with Gasteiger partial charge in [-0.2, -0.15) is 5.26 Å². The lowest BCUT2D eigenvalue weighted by molar-refractivity contribution is 0.162. The van der Waals surface area contributed by atoms with Crippen LogP contribution in [0.2, 0.25) is 0 Å². The van der Waals surface area contributed by atoms with E-state index in [-0.39, 0.29) is 24.9 Å². The van der Waals surface area contributed by atoms with Gasteiger partial charge in [-0.15, -0.1) is 0 Å². The molecule has 0 bridgehead atoms. The highest BCUT2D eigenvalue weighted by Crippen LogP contribution is 2.46. The molecule has 0 fully saturated rings. The lowest BCUT2D eigenvalue weighted by Crippen LogP contribution is -2.34. The Morgan fingerprint density at radius 3 is 2.37 bits per heavy atom. The monoisotopic (exact) mass is 291 g/mol. The predicted octanol–water partition coefficient (Wildman–Crippen LogP) is 2.87. The molecule has 0 aliphatic carbocycles. The van der Waals surface area contributed by atoms with Crippen LogP contribution in [0.15, 0.2) is 0 Å². The van der Waals surface area contributed by atoms with E-state index in [0.29, 0.717) is 26.2 Å². The van der Waals surface area contributed by atoms with E-state index in [2.05, 4.69) is 38.4 Å². The molecule has 0 saturated heterocycles. The van der Waals surface area contributed by atoms with E-state index in [9.17, 15) is 0 Å². The average Bonchev–Trinajstić information content (AvgIpc) is 2.38. The highest BCUT2D eigenvalue weighted by atomic mass is 31.2. The molecule has 0 radical (unpaired) electrons. The van der Waals surface area contributed by atoms with Crippen LogP contribution in [0.4, 0.5) is 0 Å². The fourth-order valence-corrected chi connectivity index (χ4v) is 3.23. The fourth-order valence-electron chi connectivity index (χ4n) is 1.55. The third-order valence-corrected chi connectivity index (χ3v) is 4.49. The van der Waals surface area contributed by atoms with Crippen LogP contribution in [0.25, 0.3) is 0 Å². The van der Waals surface area contributed by atoms with Crippen molar-refractivity contribution in [3.05, 3.63) is 0 Å². The Balaban J connectivity index is 4.64. The van der Waals surface area contributed by atoms with Crippen molar-refractivity contribution in [1.29, 1.82) is 5.26 Å². The molecule has 0 amide bonds. The first-order chi connectivity index (χ1) is 9.47. The number of rotatable bonds is 10. The Kier molecular flexibility index (Phi) is 9.32. The van der Waals surface area contributed by atoms with Crippen molar-refractivity contribution in [3.8, 4) is 6.07 Å². The van der Waals surface area contributed by atoms with Crippen molar-refractivity contribution in [2.75, 3.05) is 19.8 Å². The van der Waals surface area contributed by atoms with Crippen LogP contribution in [0.1, 0.15) is 42.4 Å². The highest BCUT2D eigenvalue weighted by molar-refractivity contribution is 7.44. The number of nitrogens with zero attached hydrogens (tertiary/aromatic N) is 2. The summed E-state index contributed by atoms with van der Waals surface area (Å²) in [6.07, 6.45) is 0.352. The number of nitrogens with two attached hydrogens (primary N) is 1. The Morgan fingerprint density at radius 1 is 1.32 bits per heavy atom. The summed E-state index contributed by atoms with van der Waals surface area (Å²) in [7, 11) is -1.22. The molecule has 0 saturated carbocycles. The van der Waals surface area contributed by atoms with Gasteiger partial charge >= 0.3 is 0 Å². The molecule has 2 atom stereocenters. The zero-order chi connectivity index (χ0) is 15.5. The van der Waals surface area contributed by atoms with Gasteiger partial charge < -0.3 is 14.8 Å². The second-order valence-corrected chi connectivity index (χ2v) is 6.40. The molecule has 0 aliphatic rings. The van der Waals surface area contributed by atoms with Gasteiger partial charge in [0, 0.05) is 13.5 Å². The van der Waals surface area contributed by atoms with E-state index in [0.717, 1.165) is 0 Å². The van der Waals surface area contributed by atoms with Gasteiger partial charge in [-0.1, -0.05) is 6.90 Å². The maximum atomic E-state index is 8.61. The minimum atomic E-state index is -1.22. The van der Waals surface area contributed by atoms with Gasteiger partial charge in [0.15, 0.2) is 0 Å². The smallest absolute Gasteiger partial charge is 0.259 e. The number of hydrogen-bond donors (Lipinski definition) is 1. The first-order valence-electron chi connectivity index (χ1n) is 7.39. The van der Waals surface area contributed by atoms with Gasteiger partial charge in [0.05, 0.1) is 25.7 Å². The van der Waals surface area contributed by atoms with Crippen LogP contribution in [0.3, 0.4) is 0 Å². The summed E-state index contributed by atoms with van der Waals surface area (Å²) in [6.45, 7) is 9.86. The van der Waals surface area contributed by atoms with E-state index in [1.165, 1.54) is 0 Å². The Labute approximate surface area is 120 Å². The van der Waals surface area contributed by atoms with Crippen LogP contribution in [-0.4, -0.2) is 36.5 Å². The van der Waals surface area contributed by atoms with Gasteiger partial charge in [-0.25, -0.2) is 4.67 Å². The molecule has 0 aromatic heterocycles. The van der Waals surface area contributed by atoms with Gasteiger partial charge in [-0.3, -0.25) is 0 Å². The van der Waals surface area contributed by atoms with Crippen LogP contribution in [0.5, 0.6) is 0 Å². The normalized spacial score (nSPS) is 15.6. The third kappa shape index (κ3) is 7.81. The minimum absolute atomic E-state index is 0.0285. The molecule has 0 aliphatic heterocycles. The van der Waals surface area contributed by atoms with Gasteiger partial charge in [0.25, 0.3) is 8.53 Å². The first-order valence-corrected chi connectivity index (χ1v) is 7.81. The van der Waals surface area contributed by atoms with Crippen molar-refractivity contribution in [2.24, 2.45) is 11.7 Å². The second-order valence-electron chi connectivity index (χ2n) is 4.94. The molecule has 0 rings (SSSR count). The molecule has 2 N–H and O–H groups in total. The van der Waals surface area contributed by atoms with Crippen LogP contribution < -0.4 is 5.73 Å². The summed E-state index contributed by atoms with van der Waals surface area (Å²) in [5.74, 6) is 0.0285. The van der Waals surface area contributed by atoms with Gasteiger partial charge in [0.2, 0.25) is 0 Å². The molecule has 19 heavy (non-hydrogen) atoms. The van der Waals surface area contributed by atoms with Crippen molar-refractivity contribution >= 4 is 8.53 Å². The molecule has 112 valence electrons. The molecule has 0 aromatic carbocycles. The molecule has 2 unspecified atom stereocenters. The van der Waals surface area contributed by atoms with Crippen molar-refractivity contribution in [1.82, 2.24) is 4.67 Å². The Morgan fingerprint density at radius 2 is 1.95 bits per heavy atom. The topological polar surface area (TPSA) is 71.5 Å². The van der Waals surface area contributed by atoms with Crippen LogP contribution in [-0.2, 0) is 9.05 Å². The molecular weight excluding hydrogens is 261 g/mol. The summed E-state index contributed by atoms with van der Waals surface area (Å²) < 4.78 is 21.2. The summed E-state index contributed by atoms with van der Waals surface area (Å²) in [4.78, 5) is 0. The minimum Gasteiger partial charge on any atom is -0.330 e. The lowest BCUT2D eigenvalue weighted by atomic mass is 10.2. The molecule has 5 nitrogen and oxygen atoms in total. The van der Waals surface area contributed by atoms with E-state index in [1.807, 2.05) is 0 Å². The summed E-state index contributed by atoms with van der Waals surface area (Å²) >= 11 is 0. The van der Waals surface area contributed by atoms with E-state index < -0.39 is 8.53 Å². The van der Waals surface area contributed by atoms with Crippen molar-refractivity contribution < 1.29 is 10.4 Å². The molecule has 0 heterocycles. The Bertz CT molecular complexity index is 275. The molecule has 0 aromatic rings. The maximum absolute atomic E-state index is 8.61. The Hall–Kier alpha value is -0.240. The van der Waals surface area contributed by atoms with E-state index >= 15 is 0 Å². The second kappa shape index (κ2) is 10.5. The highest BCUT2D eigenvalue weighted by Gasteiger charge is 2.27. The third-order valence-electron chi connectivity index (χ3n) is 2.42. The van der Waals surface area contributed by atoms with Crippen LogP contribution in [0, 0.1) is 17.2 Å². The SMILES string of the molecule is [3H]CC(CN)COP(OCCC#N)N(C(C)C)C(C)C. The first kappa shape index (κ1) is 16.8. The fraction of sp³-hybridized carbons (Fsp3) is 0.923. The largest absolute Gasteiger partial charge is 0.330 e. The van der Waals surface area contributed by atoms with Gasteiger partial charge in [-0.05, 0) is 40.2 Å². The quantitative estimate of drug-likeness (QED) is 0.495. The maximum Gasteiger partial charge on any atom is 0.259 e. The van der Waals surface area contributed by atoms with Crippen LogP contribution >= 0.6 is 8.53 Å². The summed E-state index contributed by atoms with van der Waals surface area (Å²) in [5.41, 5.74) is 5.60. The van der Waals surface area contributed by atoms with Gasteiger partial charge in [0.1, 0.15) is 0 Å². The molecule has 6 heteroatoms. The zero-order valence-corrected chi connectivity index (χ0v) is 13.4. The average molecular weight is 291 g/mol. The van der Waals surface area contributed by atoms with E-state index in [1.54, 1.807) is 0 Å². The number of hydrogen-bond acceptors (Lipinski definition) is 5. The number of nitriles is 1. The summed E-state index contributed by atoms with van der Waals surface area (Å²) in [5, 5.41) is 8.61. The van der Waals surface area contributed by atoms with Crippen molar-refractivity contribution in [3.63, 3.8) is 0 Å². The lowest BCUT2D eigenvalue weighted by Gasteiger charge is -2.35. The zero-order valence-electron chi connectivity index (χ0n) is 13.5. The van der Waals surface area contributed by atoms with E-state index in [4.69, 9.17) is 21.4 Å². The van der Waals surface area contributed by atoms with Crippen molar-refractivity contribution in [2.45, 2.75) is 53.1 Å². The molecule has 0 spiro atoms. The predicted molar refractivity (Wildman–Crippen MR) is 79.4 cm³/mol.